The van der Waals surface area contributed by atoms with Gasteiger partial charge in [0, 0.05) is 21.8 Å². The first-order valence-corrected chi connectivity index (χ1v) is 10.8. The molecule has 1 amide bonds. The van der Waals surface area contributed by atoms with Crippen molar-refractivity contribution < 1.29 is 14.3 Å². The van der Waals surface area contributed by atoms with E-state index in [9.17, 15) is 9.59 Å². The molecular formula is C20H23BrN2O3S2. The van der Waals surface area contributed by atoms with E-state index in [1.54, 1.807) is 6.92 Å². The second kappa shape index (κ2) is 9.62. The van der Waals surface area contributed by atoms with Crippen molar-refractivity contribution in [1.82, 2.24) is 5.32 Å². The molecule has 0 aliphatic rings. The molecular weight excluding hydrogens is 460 g/mol. The van der Waals surface area contributed by atoms with E-state index in [-0.39, 0.29) is 23.0 Å². The minimum absolute atomic E-state index is 0.145. The number of hydrogen-bond acceptors (Lipinski definition) is 5. The van der Waals surface area contributed by atoms with Crippen molar-refractivity contribution in [3.05, 3.63) is 39.7 Å². The van der Waals surface area contributed by atoms with E-state index in [2.05, 4.69) is 26.6 Å². The molecule has 0 saturated carbocycles. The van der Waals surface area contributed by atoms with Gasteiger partial charge in [0.1, 0.15) is 10.6 Å². The summed E-state index contributed by atoms with van der Waals surface area (Å²) >= 11 is 10.0. The molecule has 0 radical (unpaired) electrons. The Labute approximate surface area is 183 Å². The first-order chi connectivity index (χ1) is 13.1. The van der Waals surface area contributed by atoms with Gasteiger partial charge >= 0.3 is 5.97 Å². The highest BCUT2D eigenvalue weighted by Crippen LogP contribution is 2.36. The lowest BCUT2D eigenvalue weighted by molar-refractivity contribution is -0.121. The zero-order valence-electron chi connectivity index (χ0n) is 16.2. The summed E-state index contributed by atoms with van der Waals surface area (Å²) < 4.78 is 6.18. The molecule has 2 aromatic rings. The van der Waals surface area contributed by atoms with Crippen molar-refractivity contribution in [3.8, 4) is 11.1 Å². The average Bonchev–Trinajstić information content (AvgIpc) is 2.97. The number of nitrogens with one attached hydrogen (secondary N) is 2. The highest BCUT2D eigenvalue weighted by Gasteiger charge is 2.23. The molecule has 0 bridgehead atoms. The molecule has 0 aliphatic heterocycles. The van der Waals surface area contributed by atoms with Crippen LogP contribution in [0.4, 0.5) is 5.00 Å². The van der Waals surface area contributed by atoms with Crippen LogP contribution in [-0.4, -0.2) is 23.6 Å². The van der Waals surface area contributed by atoms with Crippen molar-refractivity contribution in [2.24, 2.45) is 5.41 Å². The van der Waals surface area contributed by atoms with Gasteiger partial charge in [0.2, 0.25) is 5.91 Å². The summed E-state index contributed by atoms with van der Waals surface area (Å²) in [4.78, 5) is 24.7. The van der Waals surface area contributed by atoms with Crippen molar-refractivity contribution in [2.45, 2.75) is 34.1 Å². The maximum atomic E-state index is 12.6. The van der Waals surface area contributed by atoms with Crippen LogP contribution in [0.2, 0.25) is 0 Å². The number of thiophene rings is 1. The van der Waals surface area contributed by atoms with Gasteiger partial charge in [0.05, 0.1) is 6.61 Å². The van der Waals surface area contributed by atoms with Gasteiger partial charge in [-0.1, -0.05) is 48.8 Å². The molecule has 150 valence electrons. The summed E-state index contributed by atoms with van der Waals surface area (Å²) in [5.74, 6) is -0.611. The third kappa shape index (κ3) is 6.39. The zero-order valence-corrected chi connectivity index (χ0v) is 19.4. The van der Waals surface area contributed by atoms with Crippen LogP contribution in [0, 0.1) is 5.41 Å². The van der Waals surface area contributed by atoms with Crippen LogP contribution in [0.25, 0.3) is 11.1 Å². The van der Waals surface area contributed by atoms with Crippen molar-refractivity contribution in [2.75, 3.05) is 11.9 Å². The molecule has 1 aromatic heterocycles. The Morgan fingerprint density at radius 3 is 2.43 bits per heavy atom. The first kappa shape index (κ1) is 22.5. The molecule has 1 heterocycles. The van der Waals surface area contributed by atoms with E-state index in [1.165, 1.54) is 11.3 Å². The Bertz CT molecular complexity index is 871. The molecule has 2 rings (SSSR count). The number of hydrogen-bond donors (Lipinski definition) is 2. The van der Waals surface area contributed by atoms with Crippen LogP contribution in [-0.2, 0) is 9.53 Å². The molecule has 2 N–H and O–H groups in total. The monoisotopic (exact) mass is 482 g/mol. The van der Waals surface area contributed by atoms with Crippen molar-refractivity contribution >= 4 is 61.5 Å². The fourth-order valence-electron chi connectivity index (χ4n) is 2.48. The Morgan fingerprint density at radius 2 is 1.86 bits per heavy atom. The molecule has 0 aliphatic carbocycles. The van der Waals surface area contributed by atoms with Gasteiger partial charge < -0.3 is 15.4 Å². The molecule has 0 atom stereocenters. The average molecular weight is 483 g/mol. The standard InChI is InChI=1S/C20H23BrN2O3S2/c1-5-26-18(25)16-14(12-6-8-13(21)9-7-12)11-28-17(16)23-19(27)22-15(24)10-20(2,3)4/h6-9,11H,5,10H2,1-4H3,(H2,22,23,24,27). The molecule has 0 fully saturated rings. The Hall–Kier alpha value is -1.77. The van der Waals surface area contributed by atoms with Crippen LogP contribution in [0.3, 0.4) is 0 Å². The maximum absolute atomic E-state index is 12.6. The SMILES string of the molecule is CCOC(=O)c1c(-c2ccc(Br)cc2)csc1NC(=S)NC(=O)CC(C)(C)C. The molecule has 1 aromatic carbocycles. The first-order valence-electron chi connectivity index (χ1n) is 8.76. The van der Waals surface area contributed by atoms with Gasteiger partial charge in [-0.05, 0) is 42.3 Å². The number of carbonyl (C=O) groups excluding carboxylic acids is 2. The van der Waals surface area contributed by atoms with E-state index >= 15 is 0 Å². The third-order valence-electron chi connectivity index (χ3n) is 3.60. The van der Waals surface area contributed by atoms with Gasteiger partial charge in [0.25, 0.3) is 0 Å². The number of halogens is 1. The normalized spacial score (nSPS) is 11.0. The van der Waals surface area contributed by atoms with E-state index < -0.39 is 5.97 Å². The molecule has 0 unspecified atom stereocenters. The smallest absolute Gasteiger partial charge is 0.341 e. The van der Waals surface area contributed by atoms with Crippen molar-refractivity contribution in [3.63, 3.8) is 0 Å². The minimum Gasteiger partial charge on any atom is -0.462 e. The topological polar surface area (TPSA) is 67.4 Å². The number of esters is 1. The number of ether oxygens (including phenoxy) is 1. The van der Waals surface area contributed by atoms with Crippen LogP contribution >= 0.6 is 39.5 Å². The predicted octanol–water partition coefficient (Wildman–Crippen LogP) is 5.60. The Morgan fingerprint density at radius 1 is 1.21 bits per heavy atom. The highest BCUT2D eigenvalue weighted by molar-refractivity contribution is 9.10. The zero-order chi connectivity index (χ0) is 20.9. The highest BCUT2D eigenvalue weighted by atomic mass is 79.9. The summed E-state index contributed by atoms with van der Waals surface area (Å²) in [6, 6.07) is 7.66. The van der Waals surface area contributed by atoms with Gasteiger partial charge in [0.15, 0.2) is 5.11 Å². The van der Waals surface area contributed by atoms with Crippen LogP contribution in [0.5, 0.6) is 0 Å². The fraction of sp³-hybridized carbons (Fsp3) is 0.350. The number of rotatable bonds is 5. The molecule has 0 spiro atoms. The number of thiocarbonyl (C=S) groups is 1. The lowest BCUT2D eigenvalue weighted by atomic mass is 9.92. The molecule has 28 heavy (non-hydrogen) atoms. The quantitative estimate of drug-likeness (QED) is 0.428. The summed E-state index contributed by atoms with van der Waals surface area (Å²) in [6.45, 7) is 7.96. The number of benzene rings is 1. The van der Waals surface area contributed by atoms with Crippen LogP contribution in [0.15, 0.2) is 34.1 Å². The van der Waals surface area contributed by atoms with Crippen LogP contribution in [0.1, 0.15) is 44.5 Å². The number of carbonyl (C=O) groups is 2. The second-order valence-electron chi connectivity index (χ2n) is 7.32. The molecule has 0 saturated heterocycles. The summed E-state index contributed by atoms with van der Waals surface area (Å²) in [7, 11) is 0. The fourth-order valence-corrected chi connectivity index (χ4v) is 3.99. The predicted molar refractivity (Wildman–Crippen MR) is 122 cm³/mol. The summed E-state index contributed by atoms with van der Waals surface area (Å²) in [5.41, 5.74) is 1.90. The van der Waals surface area contributed by atoms with Crippen molar-refractivity contribution in [1.29, 1.82) is 0 Å². The van der Waals surface area contributed by atoms with Gasteiger partial charge in [-0.3, -0.25) is 4.79 Å². The summed E-state index contributed by atoms with van der Waals surface area (Å²) in [6.07, 6.45) is 0.341. The largest absolute Gasteiger partial charge is 0.462 e. The van der Waals surface area contributed by atoms with E-state index in [4.69, 9.17) is 17.0 Å². The second-order valence-corrected chi connectivity index (χ2v) is 9.52. The van der Waals surface area contributed by atoms with E-state index in [1.807, 2.05) is 50.4 Å². The third-order valence-corrected chi connectivity index (χ3v) is 5.22. The maximum Gasteiger partial charge on any atom is 0.341 e. The van der Waals surface area contributed by atoms with E-state index in [0.717, 1.165) is 15.6 Å². The lowest BCUT2D eigenvalue weighted by Gasteiger charge is -2.17. The number of amides is 1. The molecule has 8 heteroatoms. The van der Waals surface area contributed by atoms with Gasteiger partial charge in [-0.15, -0.1) is 11.3 Å². The number of anilines is 1. The lowest BCUT2D eigenvalue weighted by Crippen LogP contribution is -2.36. The Balaban J connectivity index is 2.26. The van der Waals surface area contributed by atoms with Gasteiger partial charge in [-0.25, -0.2) is 4.79 Å². The minimum atomic E-state index is -0.437. The molecule has 5 nitrogen and oxygen atoms in total. The van der Waals surface area contributed by atoms with Gasteiger partial charge in [-0.2, -0.15) is 0 Å². The Kier molecular flexibility index (Phi) is 7.74. The van der Waals surface area contributed by atoms with E-state index in [0.29, 0.717) is 17.0 Å². The van der Waals surface area contributed by atoms with Crippen LogP contribution < -0.4 is 10.6 Å². The summed E-state index contributed by atoms with van der Waals surface area (Å²) in [5, 5.41) is 8.21.